The molecule has 0 bridgehead atoms. The number of nitrogens with zero attached hydrogens (tertiary/aromatic N) is 3. The molecular formula is C20H28N4O2S. The van der Waals surface area contributed by atoms with Crippen LogP contribution in [0.2, 0.25) is 0 Å². The van der Waals surface area contributed by atoms with Crippen LogP contribution in [0.25, 0.3) is 0 Å². The van der Waals surface area contributed by atoms with E-state index in [1.807, 2.05) is 0 Å². The molecule has 2 aliphatic heterocycles. The lowest BCUT2D eigenvalue weighted by molar-refractivity contribution is -0.0302. The van der Waals surface area contributed by atoms with Gasteiger partial charge in [-0.05, 0) is 62.1 Å². The minimum Gasteiger partial charge on any atom is -0.294 e. The minimum atomic E-state index is -3.65. The van der Waals surface area contributed by atoms with Crippen LogP contribution in [-0.2, 0) is 10.2 Å². The molecule has 3 aliphatic rings. The van der Waals surface area contributed by atoms with Crippen LogP contribution in [0.5, 0.6) is 0 Å². The predicted octanol–water partition coefficient (Wildman–Crippen LogP) is 2.06. The van der Waals surface area contributed by atoms with Gasteiger partial charge in [0.2, 0.25) is 0 Å². The van der Waals surface area contributed by atoms with Gasteiger partial charge >= 0.3 is 0 Å². The average molecular weight is 389 g/mol. The van der Waals surface area contributed by atoms with Gasteiger partial charge in [-0.15, -0.1) is 0 Å². The topological polar surface area (TPSA) is 90.4 Å². The van der Waals surface area contributed by atoms with Gasteiger partial charge in [-0.2, -0.15) is 18.0 Å². The van der Waals surface area contributed by atoms with E-state index in [4.69, 9.17) is 5.14 Å². The molecule has 7 heteroatoms. The number of rotatable bonds is 6. The fourth-order valence-corrected chi connectivity index (χ4v) is 5.89. The Morgan fingerprint density at radius 3 is 2.44 bits per heavy atom. The normalized spacial score (nSPS) is 29.0. The summed E-state index contributed by atoms with van der Waals surface area (Å²) in [4.78, 5) is 2.34. The molecule has 1 aliphatic carbocycles. The molecule has 2 atom stereocenters. The first-order chi connectivity index (χ1) is 12.9. The van der Waals surface area contributed by atoms with E-state index in [0.717, 1.165) is 43.7 Å². The van der Waals surface area contributed by atoms with E-state index >= 15 is 0 Å². The first-order valence-electron chi connectivity index (χ1n) is 9.86. The van der Waals surface area contributed by atoms with E-state index in [1.54, 1.807) is 0 Å². The second kappa shape index (κ2) is 7.17. The molecule has 6 nitrogen and oxygen atoms in total. The van der Waals surface area contributed by atoms with Crippen molar-refractivity contribution in [1.29, 1.82) is 5.26 Å². The molecule has 1 saturated carbocycles. The zero-order valence-electron chi connectivity index (χ0n) is 15.6. The lowest BCUT2D eigenvalue weighted by Crippen LogP contribution is -2.72. The Balaban J connectivity index is 1.28. The summed E-state index contributed by atoms with van der Waals surface area (Å²) in [7, 11) is -3.65. The molecule has 3 fully saturated rings. The molecule has 1 aromatic rings. The number of likely N-dealkylation sites (tertiary alicyclic amines) is 1. The minimum absolute atomic E-state index is 0.335. The van der Waals surface area contributed by atoms with Gasteiger partial charge in [-0.1, -0.05) is 30.3 Å². The third-order valence-electron chi connectivity index (χ3n) is 6.78. The monoisotopic (exact) mass is 388 g/mol. The van der Waals surface area contributed by atoms with Crippen molar-refractivity contribution in [1.82, 2.24) is 9.21 Å². The first kappa shape index (κ1) is 18.9. The molecule has 27 heavy (non-hydrogen) atoms. The second-order valence-corrected chi connectivity index (χ2v) is 10.1. The number of nitriles is 1. The largest absolute Gasteiger partial charge is 0.294 e. The van der Waals surface area contributed by atoms with Crippen LogP contribution >= 0.6 is 0 Å². The molecule has 0 amide bonds. The highest BCUT2D eigenvalue weighted by Gasteiger charge is 2.51. The molecule has 0 spiro atoms. The first-order valence-corrected chi connectivity index (χ1v) is 11.4. The fourth-order valence-electron chi connectivity index (χ4n) is 5.05. The van der Waals surface area contributed by atoms with Crippen molar-refractivity contribution in [3.63, 3.8) is 0 Å². The van der Waals surface area contributed by atoms with Crippen LogP contribution in [0.15, 0.2) is 30.3 Å². The van der Waals surface area contributed by atoms with Crippen molar-refractivity contribution in [2.24, 2.45) is 17.0 Å². The van der Waals surface area contributed by atoms with Crippen LogP contribution in [0.4, 0.5) is 0 Å². The van der Waals surface area contributed by atoms with Crippen molar-refractivity contribution in [2.75, 3.05) is 26.2 Å². The Kier molecular flexibility index (Phi) is 5.02. The maximum Gasteiger partial charge on any atom is 0.277 e. The van der Waals surface area contributed by atoms with Crippen LogP contribution < -0.4 is 5.14 Å². The van der Waals surface area contributed by atoms with Gasteiger partial charge in [0.05, 0.1) is 18.0 Å². The van der Waals surface area contributed by atoms with Gasteiger partial charge < -0.3 is 0 Å². The van der Waals surface area contributed by atoms with Crippen molar-refractivity contribution in [2.45, 2.75) is 43.6 Å². The molecule has 4 rings (SSSR count). The van der Waals surface area contributed by atoms with E-state index in [1.165, 1.54) is 22.7 Å². The molecule has 0 radical (unpaired) electrons. The molecule has 146 valence electrons. The Morgan fingerprint density at radius 1 is 1.19 bits per heavy atom. The number of hydrogen-bond acceptors (Lipinski definition) is 4. The third kappa shape index (κ3) is 3.90. The molecule has 2 N–H and O–H groups in total. The Bertz CT molecular complexity index is 806. The van der Waals surface area contributed by atoms with Gasteiger partial charge in [0.15, 0.2) is 0 Å². The summed E-state index contributed by atoms with van der Waals surface area (Å²) in [5.74, 6) is 2.30. The smallest absolute Gasteiger partial charge is 0.277 e. The number of benzene rings is 1. The van der Waals surface area contributed by atoms with E-state index in [9.17, 15) is 13.7 Å². The summed E-state index contributed by atoms with van der Waals surface area (Å²) >= 11 is 0. The van der Waals surface area contributed by atoms with Crippen molar-refractivity contribution in [3.8, 4) is 6.07 Å². The molecule has 1 aromatic carbocycles. The van der Waals surface area contributed by atoms with Crippen LogP contribution in [0.1, 0.15) is 43.6 Å². The SMILES string of the molecule is N#CCC1(N2CCC(CC3C[C@H]3c3ccccc3)CC2)CN(S(N)(=O)=O)C1. The summed E-state index contributed by atoms with van der Waals surface area (Å²) in [6.45, 7) is 2.60. The lowest BCUT2D eigenvalue weighted by Gasteiger charge is -2.55. The summed E-state index contributed by atoms with van der Waals surface area (Å²) < 4.78 is 24.3. The van der Waals surface area contributed by atoms with Crippen LogP contribution in [0, 0.1) is 23.2 Å². The fraction of sp³-hybridized carbons (Fsp3) is 0.650. The molecule has 2 heterocycles. The van der Waals surface area contributed by atoms with E-state index in [2.05, 4.69) is 41.3 Å². The van der Waals surface area contributed by atoms with Gasteiger partial charge in [0, 0.05) is 13.1 Å². The maximum atomic E-state index is 11.5. The zero-order valence-corrected chi connectivity index (χ0v) is 16.4. The summed E-state index contributed by atoms with van der Waals surface area (Å²) in [6.07, 6.45) is 5.25. The lowest BCUT2D eigenvalue weighted by atomic mass is 9.82. The average Bonchev–Trinajstić information content (AvgIpc) is 3.37. The quantitative estimate of drug-likeness (QED) is 0.808. The van der Waals surface area contributed by atoms with E-state index in [-0.39, 0.29) is 5.54 Å². The van der Waals surface area contributed by atoms with Gasteiger partial charge in [-0.25, -0.2) is 5.14 Å². The highest BCUT2D eigenvalue weighted by atomic mass is 32.2. The van der Waals surface area contributed by atoms with E-state index in [0.29, 0.717) is 19.5 Å². The third-order valence-corrected chi connectivity index (χ3v) is 7.76. The highest BCUT2D eigenvalue weighted by molar-refractivity contribution is 7.86. The molecular weight excluding hydrogens is 360 g/mol. The second-order valence-electron chi connectivity index (χ2n) is 8.55. The molecule has 1 unspecified atom stereocenters. The van der Waals surface area contributed by atoms with Crippen molar-refractivity contribution >= 4 is 10.2 Å². The standard InChI is InChI=1S/C20H28N4O2S/c21-9-8-20(14-24(15-20)27(22,25)26)23-10-6-16(7-11-23)12-18-13-19(18)17-4-2-1-3-5-17/h1-5,16,18-19H,6-8,10-15H2,(H2,22,25,26)/t18?,19-/m0/s1. The van der Waals surface area contributed by atoms with Gasteiger partial charge in [0.1, 0.15) is 0 Å². The molecule has 2 saturated heterocycles. The number of piperidine rings is 1. The van der Waals surface area contributed by atoms with E-state index < -0.39 is 10.2 Å². The maximum absolute atomic E-state index is 11.5. The summed E-state index contributed by atoms with van der Waals surface area (Å²) in [6, 6.07) is 13.1. The highest BCUT2D eigenvalue weighted by Crippen LogP contribution is 2.52. The van der Waals surface area contributed by atoms with Crippen molar-refractivity contribution in [3.05, 3.63) is 35.9 Å². The Labute approximate surface area is 162 Å². The summed E-state index contributed by atoms with van der Waals surface area (Å²) in [5.41, 5.74) is 1.14. The molecule has 0 aromatic heterocycles. The van der Waals surface area contributed by atoms with Crippen LogP contribution in [-0.4, -0.2) is 49.3 Å². The Morgan fingerprint density at radius 2 is 1.85 bits per heavy atom. The Hall–Kier alpha value is -1.46. The van der Waals surface area contributed by atoms with Crippen molar-refractivity contribution < 1.29 is 8.42 Å². The number of hydrogen-bond donors (Lipinski definition) is 1. The number of nitrogens with two attached hydrogens (primary N) is 1. The zero-order chi connectivity index (χ0) is 19.1. The van der Waals surface area contributed by atoms with Gasteiger partial charge in [-0.3, -0.25) is 4.90 Å². The summed E-state index contributed by atoms with van der Waals surface area (Å²) in [5, 5.41) is 14.5. The van der Waals surface area contributed by atoms with Crippen LogP contribution in [0.3, 0.4) is 0 Å². The predicted molar refractivity (Wildman–Crippen MR) is 104 cm³/mol. The van der Waals surface area contributed by atoms with Gasteiger partial charge in [0.25, 0.3) is 10.2 Å².